The number of carbonyl (C=O) groups is 1. The van der Waals surface area contributed by atoms with Crippen molar-refractivity contribution in [2.24, 2.45) is 5.18 Å². The number of nitrogens with zero attached hydrogens (tertiary/aromatic N) is 4. The van der Waals surface area contributed by atoms with E-state index in [1.807, 2.05) is 25.1 Å². The number of thiazole rings is 1. The van der Waals surface area contributed by atoms with Crippen LogP contribution in [0, 0.1) is 18.8 Å². The van der Waals surface area contributed by atoms with Gasteiger partial charge in [0.15, 0.2) is 0 Å². The molecule has 0 atom stereocenters. The van der Waals surface area contributed by atoms with Crippen molar-refractivity contribution >= 4 is 50.7 Å². The number of anilines is 2. The minimum absolute atomic E-state index is 0.118. The first-order chi connectivity index (χ1) is 14.9. The van der Waals surface area contributed by atoms with Gasteiger partial charge < -0.3 is 5.32 Å². The van der Waals surface area contributed by atoms with Gasteiger partial charge in [-0.1, -0.05) is 23.7 Å². The first-order valence-corrected chi connectivity index (χ1v) is 10.4. The topological polar surface area (TPSA) is 106 Å². The fourth-order valence-corrected chi connectivity index (χ4v) is 4.21. The third kappa shape index (κ3) is 4.23. The number of benzene rings is 2. The van der Waals surface area contributed by atoms with Gasteiger partial charge in [0, 0.05) is 15.9 Å². The monoisotopic (exact) mass is 453 g/mol. The Morgan fingerprint density at radius 3 is 2.61 bits per heavy atom. The average molecular weight is 454 g/mol. The Morgan fingerprint density at radius 1 is 1.16 bits per heavy atom. The van der Waals surface area contributed by atoms with Crippen LogP contribution in [0.25, 0.3) is 10.2 Å². The lowest BCUT2D eigenvalue weighted by atomic mass is 10.2. The number of carbonyl (C=O) groups excluding carboxylic acids is 1. The minimum Gasteiger partial charge on any atom is -0.325 e. The number of aromatic nitrogens is 3. The number of nitroso groups, excluding NO2 is 1. The molecule has 2 aromatic heterocycles. The molecule has 4 rings (SSSR count). The molecule has 0 spiro atoms. The quantitative estimate of drug-likeness (QED) is 0.434. The van der Waals surface area contributed by atoms with Gasteiger partial charge in [-0.05, 0) is 49.7 Å². The lowest BCUT2D eigenvalue weighted by Crippen LogP contribution is -2.30. The van der Waals surface area contributed by atoms with Crippen molar-refractivity contribution in [2.75, 3.05) is 5.32 Å². The molecule has 2 aromatic carbocycles. The average Bonchev–Trinajstić information content (AvgIpc) is 3.11. The Balaban J connectivity index is 1.82. The second-order valence-corrected chi connectivity index (χ2v) is 8.52. The maximum absolute atomic E-state index is 13.1. The summed E-state index contributed by atoms with van der Waals surface area (Å²) in [5, 5.41) is 7.07. The van der Waals surface area contributed by atoms with Crippen LogP contribution in [0.2, 0.25) is 5.02 Å². The molecule has 10 heteroatoms. The summed E-state index contributed by atoms with van der Waals surface area (Å²) >= 11 is 7.51. The predicted molar refractivity (Wildman–Crippen MR) is 122 cm³/mol. The fourth-order valence-electron chi connectivity index (χ4n) is 3.21. The zero-order chi connectivity index (χ0) is 22.1. The largest absolute Gasteiger partial charge is 0.325 e. The third-order valence-electron chi connectivity index (χ3n) is 4.65. The molecule has 4 aromatic rings. The molecule has 0 saturated carbocycles. The zero-order valence-corrected chi connectivity index (χ0v) is 18.1. The van der Waals surface area contributed by atoms with Crippen molar-refractivity contribution in [2.45, 2.75) is 20.4 Å². The number of hydrogen-bond donors (Lipinski definition) is 1. The standard InChI is InChI=1S/C21H16ClN5O3S/c1-11-18(19(28)26-30)20(29)27(10-13-3-5-14(22)6-4-13)21(23-11)25-15-7-8-16-17(9-15)31-12(2)24-16/h3-9H,10H2,1-2H3,(H,23,25). The van der Waals surface area contributed by atoms with E-state index < -0.39 is 11.5 Å². The Kier molecular flexibility index (Phi) is 5.62. The number of halogens is 1. The molecule has 0 bridgehead atoms. The number of rotatable bonds is 5. The van der Waals surface area contributed by atoms with Crippen LogP contribution in [-0.4, -0.2) is 20.4 Å². The van der Waals surface area contributed by atoms with Gasteiger partial charge in [-0.15, -0.1) is 16.2 Å². The molecule has 1 N–H and O–H groups in total. The smallest absolute Gasteiger partial charge is 0.324 e. The van der Waals surface area contributed by atoms with E-state index in [0.29, 0.717) is 10.7 Å². The van der Waals surface area contributed by atoms with E-state index in [0.717, 1.165) is 20.8 Å². The van der Waals surface area contributed by atoms with Gasteiger partial charge in [0.05, 0.1) is 27.5 Å². The number of aryl methyl sites for hydroxylation is 2. The van der Waals surface area contributed by atoms with Crippen LogP contribution in [0.5, 0.6) is 0 Å². The zero-order valence-electron chi connectivity index (χ0n) is 16.5. The highest BCUT2D eigenvalue weighted by atomic mass is 35.5. The lowest BCUT2D eigenvalue weighted by Gasteiger charge is -2.16. The summed E-state index contributed by atoms with van der Waals surface area (Å²) in [6.45, 7) is 3.54. The van der Waals surface area contributed by atoms with Crippen molar-refractivity contribution in [1.82, 2.24) is 14.5 Å². The molecule has 8 nitrogen and oxygen atoms in total. The number of fused-ring (bicyclic) bond motifs is 1. The molecule has 0 radical (unpaired) electrons. The van der Waals surface area contributed by atoms with Gasteiger partial charge in [-0.2, -0.15) is 0 Å². The Hall–Kier alpha value is -3.43. The number of nitrogens with one attached hydrogen (secondary N) is 1. The van der Waals surface area contributed by atoms with Crippen molar-refractivity contribution < 1.29 is 4.79 Å². The van der Waals surface area contributed by atoms with E-state index >= 15 is 0 Å². The number of hydrogen-bond acceptors (Lipinski definition) is 7. The first-order valence-electron chi connectivity index (χ1n) is 9.23. The summed E-state index contributed by atoms with van der Waals surface area (Å²) < 4.78 is 2.29. The SMILES string of the molecule is Cc1nc2ccc(Nc3nc(C)c(C(=O)N=O)c(=O)n3Cc3ccc(Cl)cc3)cc2s1. The van der Waals surface area contributed by atoms with E-state index in [9.17, 15) is 14.5 Å². The fraction of sp³-hybridized carbons (Fsp3) is 0.143. The highest BCUT2D eigenvalue weighted by Gasteiger charge is 2.21. The Bertz CT molecular complexity index is 1380. The summed E-state index contributed by atoms with van der Waals surface area (Å²) in [7, 11) is 0. The predicted octanol–water partition coefficient (Wildman–Crippen LogP) is 4.82. The van der Waals surface area contributed by atoms with Crippen LogP contribution in [0.3, 0.4) is 0 Å². The molecule has 0 fully saturated rings. The first kappa shape index (κ1) is 20.8. The van der Waals surface area contributed by atoms with Crippen LogP contribution in [0.1, 0.15) is 26.6 Å². The molecule has 156 valence electrons. The van der Waals surface area contributed by atoms with Crippen LogP contribution in [0.4, 0.5) is 11.6 Å². The molecular formula is C21H16ClN5O3S. The molecule has 2 heterocycles. The molecule has 0 aliphatic heterocycles. The van der Waals surface area contributed by atoms with Crippen LogP contribution < -0.4 is 10.9 Å². The van der Waals surface area contributed by atoms with Crippen molar-refractivity contribution in [3.63, 3.8) is 0 Å². The Morgan fingerprint density at radius 2 is 1.90 bits per heavy atom. The highest BCUT2D eigenvalue weighted by Crippen LogP contribution is 2.26. The summed E-state index contributed by atoms with van der Waals surface area (Å²) in [6.07, 6.45) is 0. The Labute approximate surface area is 185 Å². The van der Waals surface area contributed by atoms with Crippen molar-refractivity contribution in [1.29, 1.82) is 0 Å². The van der Waals surface area contributed by atoms with Gasteiger partial charge in [0.2, 0.25) is 5.95 Å². The third-order valence-corrected chi connectivity index (χ3v) is 5.84. The van der Waals surface area contributed by atoms with Gasteiger partial charge >= 0.3 is 5.91 Å². The summed E-state index contributed by atoms with van der Waals surface area (Å²) in [6, 6.07) is 12.6. The number of amides is 1. The summed E-state index contributed by atoms with van der Waals surface area (Å²) in [4.78, 5) is 44.7. The van der Waals surface area contributed by atoms with E-state index in [-0.39, 0.29) is 23.8 Å². The van der Waals surface area contributed by atoms with E-state index in [2.05, 4.69) is 20.5 Å². The van der Waals surface area contributed by atoms with Crippen LogP contribution >= 0.6 is 22.9 Å². The molecule has 1 amide bonds. The maximum Gasteiger partial charge on any atom is 0.324 e. The molecule has 31 heavy (non-hydrogen) atoms. The highest BCUT2D eigenvalue weighted by molar-refractivity contribution is 7.18. The van der Waals surface area contributed by atoms with E-state index in [1.165, 1.54) is 11.5 Å². The normalized spacial score (nSPS) is 10.9. The second kappa shape index (κ2) is 8.37. The van der Waals surface area contributed by atoms with Crippen LogP contribution in [0.15, 0.2) is 52.4 Å². The van der Waals surface area contributed by atoms with Gasteiger partial charge in [0.25, 0.3) is 5.56 Å². The molecular weight excluding hydrogens is 438 g/mol. The molecule has 0 aliphatic rings. The maximum atomic E-state index is 13.1. The van der Waals surface area contributed by atoms with Gasteiger partial charge in [-0.25, -0.2) is 9.97 Å². The molecule has 0 unspecified atom stereocenters. The van der Waals surface area contributed by atoms with Crippen molar-refractivity contribution in [3.05, 3.63) is 84.6 Å². The lowest BCUT2D eigenvalue weighted by molar-refractivity contribution is 0.0997. The molecule has 0 saturated heterocycles. The summed E-state index contributed by atoms with van der Waals surface area (Å²) in [5.74, 6) is -0.909. The van der Waals surface area contributed by atoms with Gasteiger partial charge in [-0.3, -0.25) is 14.2 Å². The molecule has 0 aliphatic carbocycles. The second-order valence-electron chi connectivity index (χ2n) is 6.85. The van der Waals surface area contributed by atoms with Gasteiger partial charge in [0.1, 0.15) is 5.56 Å². The van der Waals surface area contributed by atoms with E-state index in [4.69, 9.17) is 11.6 Å². The van der Waals surface area contributed by atoms with Crippen LogP contribution in [-0.2, 0) is 6.54 Å². The summed E-state index contributed by atoms with van der Waals surface area (Å²) in [5.41, 5.74) is 1.49. The van der Waals surface area contributed by atoms with Crippen molar-refractivity contribution in [3.8, 4) is 0 Å². The minimum atomic E-state index is -1.15. The van der Waals surface area contributed by atoms with E-state index in [1.54, 1.807) is 35.6 Å².